The lowest BCUT2D eigenvalue weighted by Crippen LogP contribution is -2.37. The number of hydrogen-bond donors (Lipinski definition) is 1. The molecular weight excluding hydrogens is 430 g/mol. The molecule has 0 bridgehead atoms. The molecule has 3 rings (SSSR count). The van der Waals surface area contributed by atoms with Gasteiger partial charge < -0.3 is 15.0 Å². The van der Waals surface area contributed by atoms with E-state index in [0.29, 0.717) is 0 Å². The average molecular weight is 450 g/mol. The van der Waals surface area contributed by atoms with Crippen LogP contribution in [0.2, 0.25) is 0 Å². The molecule has 1 aromatic carbocycles. The summed E-state index contributed by atoms with van der Waals surface area (Å²) in [7, 11) is 1.28. The number of hydrogen-bond acceptors (Lipinski definition) is 4. The number of amides is 1. The number of ether oxygens (including phenoxy) is 1. The lowest BCUT2D eigenvalue weighted by atomic mass is 9.86. The number of nitrogens with zero attached hydrogens (tertiary/aromatic N) is 1. The van der Waals surface area contributed by atoms with Gasteiger partial charge in [-0.05, 0) is 24.5 Å². The molecule has 1 aromatic rings. The summed E-state index contributed by atoms with van der Waals surface area (Å²) in [6.07, 6.45) is -9.21. The number of likely N-dealkylation sites (N-methyl/N-ethyl adjacent to an activating group) is 1. The normalized spacial score (nSPS) is 18.0. The summed E-state index contributed by atoms with van der Waals surface area (Å²) in [5, 5.41) is 2.23. The first-order valence-electron chi connectivity index (χ1n) is 9.55. The molecule has 2 aliphatic heterocycles. The van der Waals surface area contributed by atoms with Crippen molar-refractivity contribution in [2.75, 3.05) is 23.9 Å². The molecule has 1 atom stereocenters. The van der Waals surface area contributed by atoms with E-state index >= 15 is 0 Å². The van der Waals surface area contributed by atoms with E-state index in [2.05, 4.69) is 5.32 Å². The molecule has 1 unspecified atom stereocenters. The highest BCUT2D eigenvalue weighted by molar-refractivity contribution is 6.04. The summed E-state index contributed by atoms with van der Waals surface area (Å²) >= 11 is 0. The van der Waals surface area contributed by atoms with Crippen molar-refractivity contribution in [2.45, 2.75) is 51.0 Å². The van der Waals surface area contributed by atoms with Crippen LogP contribution in [-0.2, 0) is 33.3 Å². The number of alkyl halides is 6. The van der Waals surface area contributed by atoms with Crippen LogP contribution in [0, 0.1) is 0 Å². The zero-order valence-electron chi connectivity index (χ0n) is 16.7. The zero-order chi connectivity index (χ0) is 23.1. The third-order valence-electron chi connectivity index (χ3n) is 5.27. The van der Waals surface area contributed by atoms with E-state index in [1.54, 1.807) is 6.92 Å². The Morgan fingerprint density at radius 3 is 2.52 bits per heavy atom. The van der Waals surface area contributed by atoms with Gasteiger partial charge in [0, 0.05) is 24.7 Å². The maximum Gasteiger partial charge on any atom is 0.418 e. The van der Waals surface area contributed by atoms with E-state index in [1.165, 1.54) is 19.2 Å². The van der Waals surface area contributed by atoms with Crippen LogP contribution < -0.4 is 10.2 Å². The zero-order valence-corrected chi connectivity index (χ0v) is 16.7. The van der Waals surface area contributed by atoms with Crippen LogP contribution in [0.4, 0.5) is 37.7 Å². The van der Waals surface area contributed by atoms with Crippen molar-refractivity contribution < 1.29 is 40.7 Å². The van der Waals surface area contributed by atoms with Crippen molar-refractivity contribution in [2.24, 2.45) is 0 Å². The van der Waals surface area contributed by atoms with E-state index < -0.39 is 60.8 Å². The molecule has 2 heterocycles. The standard InChI is InChI=1S/C20H20F6N2O3/c1-3-31-15(30)7-6-12-16(20(24,25)26)17-13(8-14(29)27-17)11-5-4-10(9-19(21,22)23)28(2)18(11)12/h4-5,10H,3,6-9H2,1-2H3,(H,27,29). The van der Waals surface area contributed by atoms with Crippen LogP contribution in [0.25, 0.3) is 6.08 Å². The van der Waals surface area contributed by atoms with E-state index in [4.69, 9.17) is 4.74 Å². The predicted octanol–water partition coefficient (Wildman–Crippen LogP) is 4.48. The van der Waals surface area contributed by atoms with Crippen molar-refractivity contribution in [3.05, 3.63) is 28.3 Å². The van der Waals surface area contributed by atoms with Crippen LogP contribution >= 0.6 is 0 Å². The largest absolute Gasteiger partial charge is 0.466 e. The maximum absolute atomic E-state index is 14.1. The molecule has 0 spiro atoms. The fourth-order valence-electron chi connectivity index (χ4n) is 4.07. The monoisotopic (exact) mass is 450 g/mol. The van der Waals surface area contributed by atoms with Crippen molar-refractivity contribution >= 4 is 29.3 Å². The van der Waals surface area contributed by atoms with Gasteiger partial charge >= 0.3 is 18.3 Å². The molecule has 0 aliphatic carbocycles. The van der Waals surface area contributed by atoms with Gasteiger partial charge in [0.15, 0.2) is 0 Å². The molecule has 0 aromatic heterocycles. The summed E-state index contributed by atoms with van der Waals surface area (Å²) in [6, 6.07) is -1.22. The molecule has 1 amide bonds. The summed E-state index contributed by atoms with van der Waals surface area (Å²) in [5.41, 5.74) is -1.59. The van der Waals surface area contributed by atoms with Gasteiger partial charge in [0.05, 0.1) is 36.7 Å². The van der Waals surface area contributed by atoms with Gasteiger partial charge in [0.2, 0.25) is 5.91 Å². The molecule has 0 saturated heterocycles. The third kappa shape index (κ3) is 4.64. The Bertz CT molecular complexity index is 937. The van der Waals surface area contributed by atoms with Gasteiger partial charge in [-0.1, -0.05) is 12.2 Å². The van der Waals surface area contributed by atoms with E-state index in [1.807, 2.05) is 0 Å². The second-order valence-corrected chi connectivity index (χ2v) is 7.35. The Balaban J connectivity index is 2.20. The topological polar surface area (TPSA) is 58.6 Å². The van der Waals surface area contributed by atoms with Crippen LogP contribution in [0.5, 0.6) is 0 Å². The van der Waals surface area contributed by atoms with Gasteiger partial charge in [0.25, 0.3) is 0 Å². The number of esters is 1. The average Bonchev–Trinajstić information content (AvgIpc) is 3.00. The molecule has 0 fully saturated rings. The maximum atomic E-state index is 14.1. The minimum absolute atomic E-state index is 0.0413. The molecule has 0 saturated carbocycles. The molecule has 11 heteroatoms. The molecule has 5 nitrogen and oxygen atoms in total. The van der Waals surface area contributed by atoms with Gasteiger partial charge in [-0.15, -0.1) is 0 Å². The molecule has 2 aliphatic rings. The second kappa shape index (κ2) is 8.08. The van der Waals surface area contributed by atoms with Crippen molar-refractivity contribution in [3.63, 3.8) is 0 Å². The summed E-state index contributed by atoms with van der Waals surface area (Å²) in [6.45, 7) is 1.59. The number of carbonyl (C=O) groups is 2. The summed E-state index contributed by atoms with van der Waals surface area (Å²) in [4.78, 5) is 24.9. The molecule has 1 N–H and O–H groups in total. The van der Waals surface area contributed by atoms with E-state index in [-0.39, 0.29) is 35.4 Å². The Hall–Kier alpha value is -2.72. The Labute approximate surface area is 174 Å². The fourth-order valence-corrected chi connectivity index (χ4v) is 4.07. The molecular formula is C20H20F6N2O3. The first kappa shape index (κ1) is 23.0. The van der Waals surface area contributed by atoms with Gasteiger partial charge in [-0.2, -0.15) is 26.3 Å². The first-order valence-corrected chi connectivity index (χ1v) is 9.55. The van der Waals surface area contributed by atoms with Gasteiger partial charge in [0.1, 0.15) is 0 Å². The second-order valence-electron chi connectivity index (χ2n) is 7.35. The Morgan fingerprint density at radius 2 is 1.94 bits per heavy atom. The van der Waals surface area contributed by atoms with Crippen molar-refractivity contribution in [1.29, 1.82) is 0 Å². The first-order chi connectivity index (χ1) is 14.3. The summed E-state index contributed by atoms with van der Waals surface area (Å²) < 4.78 is 86.1. The van der Waals surface area contributed by atoms with E-state index in [0.717, 1.165) is 4.90 Å². The van der Waals surface area contributed by atoms with Crippen LogP contribution in [-0.4, -0.2) is 37.7 Å². The SMILES string of the molecule is CCOC(=O)CCc1c2c(c3c(c1C(F)(F)F)NC(=O)C3)C=CC(CC(F)(F)F)N2C. The van der Waals surface area contributed by atoms with Crippen molar-refractivity contribution in [1.82, 2.24) is 0 Å². The fraction of sp³-hybridized carbons (Fsp3) is 0.500. The number of anilines is 2. The highest BCUT2D eigenvalue weighted by atomic mass is 19.4. The quantitative estimate of drug-likeness (QED) is 0.531. The van der Waals surface area contributed by atoms with Crippen LogP contribution in [0.3, 0.4) is 0 Å². The number of halogens is 6. The Kier molecular flexibility index (Phi) is 5.98. The number of rotatable bonds is 5. The minimum Gasteiger partial charge on any atom is -0.466 e. The lowest BCUT2D eigenvalue weighted by molar-refractivity contribution is -0.144. The third-order valence-corrected chi connectivity index (χ3v) is 5.27. The summed E-state index contributed by atoms with van der Waals surface area (Å²) in [5.74, 6) is -1.37. The molecule has 0 radical (unpaired) electrons. The number of nitrogens with one attached hydrogen (secondary N) is 1. The lowest BCUT2D eigenvalue weighted by Gasteiger charge is -2.37. The Morgan fingerprint density at radius 1 is 1.26 bits per heavy atom. The number of fused-ring (bicyclic) bond motifs is 3. The molecule has 31 heavy (non-hydrogen) atoms. The van der Waals surface area contributed by atoms with Gasteiger partial charge in [-0.3, -0.25) is 9.59 Å². The number of benzene rings is 1. The van der Waals surface area contributed by atoms with Crippen LogP contribution in [0.15, 0.2) is 6.08 Å². The molecule has 170 valence electrons. The van der Waals surface area contributed by atoms with Crippen molar-refractivity contribution in [3.8, 4) is 0 Å². The smallest absolute Gasteiger partial charge is 0.418 e. The minimum atomic E-state index is -4.90. The highest BCUT2D eigenvalue weighted by Gasteiger charge is 2.44. The highest BCUT2D eigenvalue weighted by Crippen LogP contribution is 2.50. The number of carbonyl (C=O) groups excluding carboxylic acids is 2. The van der Waals surface area contributed by atoms with Gasteiger partial charge in [-0.25, -0.2) is 0 Å². The van der Waals surface area contributed by atoms with Crippen LogP contribution in [0.1, 0.15) is 42.0 Å². The van der Waals surface area contributed by atoms with E-state index in [9.17, 15) is 35.9 Å². The predicted molar refractivity (Wildman–Crippen MR) is 101 cm³/mol.